The SMILES string of the molecule is CSCC[C@@H](COC=O)Nc1ccn(C2O[C@@](CO)(N=[N+]=[N-])C(O)[C@@H]2F)c(=O)n1.CSCC[C@H](Nc1ccn(C2O[C@@](CO)(N=[N+]=[N-])C(O)[C@@H]2F)c(=O)n1)OC=O.[N-]=[N+]=N[C@]1(CO)OC(n2ccc(N[C@@H](CO)COC=O)nc2=O)[C@@H](F)C1O.[N-]=[N+]=N[C@]1(CO)OC(n2ccc(N[C@@H](CO)COC=O)nc2=O)[C@@H](F)C1O.[N-]=[N+]=N[C@]1(CO)OC(n2ccc(N[C@@H](CS)COC=O)nc2=O)[C@@H](F)C1O. The van der Waals surface area contributed by atoms with Crippen LogP contribution in [0.2, 0.25) is 0 Å². The van der Waals surface area contributed by atoms with Crippen LogP contribution in [0.1, 0.15) is 44.0 Å². The Balaban J connectivity index is 0.000000265. The number of hydrogen-bond donors (Lipinski definition) is 18. The van der Waals surface area contributed by atoms with E-state index in [0.29, 0.717) is 34.2 Å². The molecule has 25 atom stereocenters. The summed E-state index contributed by atoms with van der Waals surface area (Å²) in [6.07, 6.45) is -19.3. The van der Waals surface area contributed by atoms with Gasteiger partial charge in [-0.05, 0) is 88.4 Å². The lowest BCUT2D eigenvalue weighted by Gasteiger charge is -2.23. The fraction of sp³-hybridized carbons (Fsp3) is 0.632. The molecule has 0 bridgehead atoms. The highest BCUT2D eigenvalue weighted by Gasteiger charge is 2.61. The smallest absolute Gasteiger partial charge is 0.351 e. The number of aliphatic hydroxyl groups excluding tert-OH is 12. The molecule has 0 amide bonds. The van der Waals surface area contributed by atoms with E-state index in [-0.39, 0.29) is 93.2 Å². The topological polar surface area (TPSA) is 899 Å². The van der Waals surface area contributed by atoms with Gasteiger partial charge in [0.2, 0.25) is 28.6 Å². The molecule has 0 aliphatic carbocycles. The molecule has 0 aromatic carbocycles. The number of carbonyl (C=O) groups excluding carboxylic acids is 5. The number of ether oxygens (including phenoxy) is 10. The van der Waals surface area contributed by atoms with Gasteiger partial charge in [0.15, 0.2) is 68.2 Å². The Labute approximate surface area is 781 Å². The summed E-state index contributed by atoms with van der Waals surface area (Å²) in [7, 11) is 0. The number of thioether (sulfide) groups is 2. The Bertz CT molecular complexity index is 5110. The van der Waals surface area contributed by atoms with Crippen LogP contribution in [0.25, 0.3) is 52.2 Å². The maximum atomic E-state index is 14.5. The minimum atomic E-state index is -2.27. The van der Waals surface area contributed by atoms with Crippen LogP contribution in [-0.4, -0.2) is 364 Å². The van der Waals surface area contributed by atoms with Crippen molar-refractivity contribution in [2.75, 3.05) is 129 Å². The van der Waals surface area contributed by atoms with Crippen molar-refractivity contribution in [3.05, 3.63) is 166 Å². The molecule has 0 saturated carbocycles. The monoisotopic (exact) mass is 2030 g/mol. The zero-order chi connectivity index (χ0) is 102. The molecule has 10 rings (SSSR count). The van der Waals surface area contributed by atoms with E-state index in [0.717, 1.165) is 44.2 Å². The second-order valence-electron chi connectivity index (χ2n) is 28.5. The first-order chi connectivity index (χ1) is 66.1. The molecule has 0 radical (unpaired) electrons. The highest BCUT2D eigenvalue weighted by Crippen LogP contribution is 2.45. The van der Waals surface area contributed by atoms with Crippen molar-refractivity contribution in [1.29, 1.82) is 0 Å². The highest BCUT2D eigenvalue weighted by atomic mass is 32.2. The molecule has 5 aliphatic rings. The number of anilines is 5. The first-order valence-electron chi connectivity index (χ1n) is 39.3. The molecule has 5 aromatic rings. The van der Waals surface area contributed by atoms with E-state index >= 15 is 0 Å². The van der Waals surface area contributed by atoms with Gasteiger partial charge in [-0.25, -0.2) is 45.9 Å². The maximum absolute atomic E-state index is 14.5. The molecule has 10 unspecified atom stereocenters. The summed E-state index contributed by atoms with van der Waals surface area (Å²) in [6, 6.07) is 4.34. The summed E-state index contributed by atoms with van der Waals surface area (Å²) >= 11 is 7.21. The van der Waals surface area contributed by atoms with Crippen molar-refractivity contribution in [3.8, 4) is 0 Å². The summed E-state index contributed by atoms with van der Waals surface area (Å²) < 4.78 is 125. The third-order valence-corrected chi connectivity index (χ3v) is 21.6. The average molecular weight is 2030 g/mol. The van der Waals surface area contributed by atoms with Gasteiger partial charge in [-0.3, -0.25) is 46.8 Å². The second-order valence-corrected chi connectivity index (χ2v) is 30.9. The van der Waals surface area contributed by atoms with Gasteiger partial charge in [-0.15, -0.1) is 0 Å². The van der Waals surface area contributed by atoms with Crippen LogP contribution in [0.4, 0.5) is 51.0 Å². The number of carbonyl (C=O) groups is 5. The number of alkyl halides is 5. The Morgan fingerprint density at radius 2 is 0.623 bits per heavy atom. The first kappa shape index (κ1) is 114. The summed E-state index contributed by atoms with van der Waals surface area (Å²) in [5.74, 6) is 2.09. The minimum Gasteiger partial charge on any atom is -0.466 e. The molecule has 5 aromatic heterocycles. The molecule has 70 heteroatoms. The van der Waals surface area contributed by atoms with E-state index in [4.69, 9.17) is 60.8 Å². The van der Waals surface area contributed by atoms with Crippen molar-refractivity contribution in [3.63, 3.8) is 0 Å². The summed E-state index contributed by atoms with van der Waals surface area (Å²) in [5.41, 5.74) is 26.8. The van der Waals surface area contributed by atoms with Crippen LogP contribution in [-0.2, 0) is 71.3 Å². The van der Waals surface area contributed by atoms with Gasteiger partial charge < -0.3 is 135 Å². The van der Waals surface area contributed by atoms with Crippen LogP contribution in [0, 0.1) is 0 Å². The van der Waals surface area contributed by atoms with Gasteiger partial charge in [0.05, 0.1) is 70.4 Å². The zero-order valence-corrected chi connectivity index (χ0v) is 73.9. The molecule has 0 spiro atoms. The van der Waals surface area contributed by atoms with Crippen molar-refractivity contribution in [2.24, 2.45) is 25.6 Å². The number of azide groups is 5. The Morgan fingerprint density at radius 1 is 0.399 bits per heavy atom. The number of hydrogen-bond acceptors (Lipinski definition) is 50. The third kappa shape index (κ3) is 28.3. The zero-order valence-electron chi connectivity index (χ0n) is 71.4. The Morgan fingerprint density at radius 3 is 0.833 bits per heavy atom. The predicted molar refractivity (Wildman–Crippen MR) is 459 cm³/mol. The number of aliphatic hydroxyl groups is 12. The largest absolute Gasteiger partial charge is 0.466 e. The summed E-state index contributed by atoms with van der Waals surface area (Å²) in [5, 5.41) is 144. The lowest BCUT2D eigenvalue weighted by molar-refractivity contribution is -0.132. The maximum Gasteiger partial charge on any atom is 0.351 e. The molecular formula is C68H91F5N30O32S3. The van der Waals surface area contributed by atoms with E-state index in [1.54, 1.807) is 11.8 Å². The average Bonchev–Trinajstić information content (AvgIpc) is 1.68. The van der Waals surface area contributed by atoms with Gasteiger partial charge in [-0.1, -0.05) is 25.6 Å². The van der Waals surface area contributed by atoms with Crippen molar-refractivity contribution < 1.29 is 155 Å². The first-order valence-corrected chi connectivity index (χ1v) is 42.8. The van der Waals surface area contributed by atoms with E-state index in [1.807, 2.05) is 12.5 Å². The van der Waals surface area contributed by atoms with Crippen molar-refractivity contribution in [1.82, 2.24) is 47.8 Å². The van der Waals surface area contributed by atoms with Crippen molar-refractivity contribution in [2.45, 2.75) is 164 Å². The minimum absolute atomic E-state index is 0.00206. The highest BCUT2D eigenvalue weighted by molar-refractivity contribution is 7.98. The Hall–Kier alpha value is -12.7. The van der Waals surface area contributed by atoms with E-state index in [1.165, 1.54) is 48.3 Å². The molecule has 758 valence electrons. The normalized spacial score (nSPS) is 27.9. The van der Waals surface area contributed by atoms with Crippen molar-refractivity contribution >= 4 is 97.6 Å². The number of thiol groups is 1. The molecule has 138 heavy (non-hydrogen) atoms. The van der Waals surface area contributed by atoms with Crippen LogP contribution in [0.15, 0.2) is 111 Å². The van der Waals surface area contributed by atoms with Crippen LogP contribution in [0.3, 0.4) is 0 Å². The third-order valence-electron chi connectivity index (χ3n) is 19.8. The van der Waals surface area contributed by atoms with Gasteiger partial charge in [-0.2, -0.15) is 61.1 Å². The quantitative estimate of drug-likeness (QED) is 0.00263. The summed E-state index contributed by atoms with van der Waals surface area (Å²) in [4.78, 5) is 144. The standard InChI is InChI=1S/C15H21FN6O6S.C14H19FN6O6S.2C13H17FN6O7.C13H17FN6O6S/c1-29-5-3-9(6-27-8-24)18-10-2-4-22(14(26)19-10)13-11(16)12(25)15(7-23,28-13)20-21-17;1-28-5-3-9(26-7-23)17-8-2-4-21(13(25)18-8)12-10(15)11(24)14(6-22,27-12)19-20-16;2*14-9-10(24)13(5-22,18-19-15)27-11(9)20-2-1-8(17-12(20)25)16-7(3-21)4-26-6-23;14-9-10(23)13(5-21,18-19-15)26-11(9)20-2-1-8(17-12(20)24)16-7(4-27)3-25-6-22/h2,4,8-9,11-13,23,25H,3,5-7H2,1H3,(H,18,19,26);2,4,7,9-12,22,24H,3,5-6H2,1H3,(H,17,18,25);2*1-2,6-7,9-11,21-22,24H,3-5H2,(H,16,17,25);1-2,6-7,9-11,21,23,27H,3-5H2,(H,16,17,24)/t9-,11-,12?,13?,15+;9-,10+,11?,12?,14-;2*7-,9-,10?,11?,13+;7-,9+,10?,11?,13-/m01001/s1. The summed E-state index contributed by atoms with van der Waals surface area (Å²) in [6.45, 7) is -4.87. The lowest BCUT2D eigenvalue weighted by Crippen LogP contribution is -2.43. The van der Waals surface area contributed by atoms with E-state index < -0.39 is 220 Å². The molecule has 10 heterocycles. The number of halogens is 5. The predicted octanol–water partition coefficient (Wildman–Crippen LogP) is -3.50. The molecule has 62 nitrogen and oxygen atoms in total. The van der Waals surface area contributed by atoms with Crippen LogP contribution in [0.5, 0.6) is 0 Å². The van der Waals surface area contributed by atoms with Gasteiger partial charge in [0, 0.05) is 67.7 Å². The Kier molecular flexibility index (Phi) is 45.5. The number of nitrogens with zero attached hydrogens (tertiary/aromatic N) is 25. The number of nitrogens with one attached hydrogen (secondary N) is 5. The van der Waals surface area contributed by atoms with E-state index in [9.17, 15) is 131 Å². The van der Waals surface area contributed by atoms with Gasteiger partial charge >= 0.3 is 28.4 Å². The van der Waals surface area contributed by atoms with Crippen LogP contribution >= 0.6 is 36.2 Å². The van der Waals surface area contributed by atoms with Gasteiger partial charge in [0.1, 0.15) is 86.0 Å². The molecular weight excluding hydrogens is 1940 g/mol. The van der Waals surface area contributed by atoms with Crippen LogP contribution < -0.4 is 55.0 Å². The second kappa shape index (κ2) is 55.1. The fourth-order valence-electron chi connectivity index (χ4n) is 12.8. The van der Waals surface area contributed by atoms with E-state index in [2.05, 4.69) is 128 Å². The molecule has 5 saturated heterocycles. The number of rotatable bonds is 48. The number of aromatic nitrogens is 10. The van der Waals surface area contributed by atoms with Gasteiger partial charge in [0.25, 0.3) is 32.4 Å². The molecule has 5 fully saturated rings. The fourth-order valence-corrected chi connectivity index (χ4v) is 14.0. The molecule has 5 aliphatic heterocycles. The molecule has 17 N–H and O–H groups in total. The lowest BCUT2D eigenvalue weighted by atomic mass is 10.1.